The van der Waals surface area contributed by atoms with Crippen LogP contribution in [-0.4, -0.2) is 16.0 Å². The van der Waals surface area contributed by atoms with Crippen LogP contribution in [0.15, 0.2) is 29.6 Å². The lowest BCUT2D eigenvalue weighted by Crippen LogP contribution is -2.12. The van der Waals surface area contributed by atoms with Crippen molar-refractivity contribution in [2.24, 2.45) is 10.9 Å². The minimum Gasteiger partial charge on any atom is -0.409 e. The first-order valence-corrected chi connectivity index (χ1v) is 4.28. The molecule has 1 aromatic heterocycles. The third-order valence-electron chi connectivity index (χ3n) is 2.22. The van der Waals surface area contributed by atoms with Crippen LogP contribution < -0.4 is 5.73 Å². The molecule has 4 N–H and O–H groups in total. The van der Waals surface area contributed by atoms with Gasteiger partial charge in [0.15, 0.2) is 5.84 Å². The number of nitrogens with one attached hydrogen (secondary N) is 1. The Morgan fingerprint density at radius 2 is 2.29 bits per heavy atom. The van der Waals surface area contributed by atoms with Crippen molar-refractivity contribution in [1.29, 1.82) is 0 Å². The van der Waals surface area contributed by atoms with E-state index >= 15 is 0 Å². The van der Waals surface area contributed by atoms with Crippen LogP contribution in [0.3, 0.4) is 0 Å². The lowest BCUT2D eigenvalue weighted by Gasteiger charge is -1.96. The molecule has 4 nitrogen and oxygen atoms in total. The number of oxime groups is 1. The summed E-state index contributed by atoms with van der Waals surface area (Å²) in [5.41, 5.74) is 8.41. The third kappa shape index (κ3) is 1.21. The summed E-state index contributed by atoms with van der Waals surface area (Å²) in [6.45, 7) is 2.02. The fourth-order valence-electron chi connectivity index (χ4n) is 1.51. The summed E-state index contributed by atoms with van der Waals surface area (Å²) in [4.78, 5) is 3.07. The number of amidine groups is 1. The van der Waals surface area contributed by atoms with Crippen LogP contribution in [0.1, 0.15) is 11.1 Å². The molecule has 0 aliphatic heterocycles. The average molecular weight is 189 g/mol. The summed E-state index contributed by atoms with van der Waals surface area (Å²) >= 11 is 0. The first kappa shape index (κ1) is 8.62. The number of aromatic nitrogens is 1. The van der Waals surface area contributed by atoms with Crippen molar-refractivity contribution in [3.63, 3.8) is 0 Å². The second-order valence-corrected chi connectivity index (χ2v) is 3.24. The lowest BCUT2D eigenvalue weighted by molar-refractivity contribution is 0.318. The standard InChI is InChI=1S/C10H11N3O/c1-6-2-3-7-8(10(11)13-14)5-12-9(7)4-6/h2-5,12,14H,1H3,(H2,11,13). The smallest absolute Gasteiger partial charge is 0.172 e. The third-order valence-corrected chi connectivity index (χ3v) is 2.22. The van der Waals surface area contributed by atoms with E-state index < -0.39 is 0 Å². The van der Waals surface area contributed by atoms with Gasteiger partial charge in [-0.2, -0.15) is 0 Å². The van der Waals surface area contributed by atoms with E-state index in [0.29, 0.717) is 0 Å². The highest BCUT2D eigenvalue weighted by Crippen LogP contribution is 2.18. The van der Waals surface area contributed by atoms with Gasteiger partial charge in [-0.1, -0.05) is 17.3 Å². The molecule has 14 heavy (non-hydrogen) atoms. The van der Waals surface area contributed by atoms with Gasteiger partial charge in [0, 0.05) is 22.7 Å². The molecule has 0 spiro atoms. The van der Waals surface area contributed by atoms with Gasteiger partial charge >= 0.3 is 0 Å². The van der Waals surface area contributed by atoms with Gasteiger partial charge in [-0.25, -0.2) is 0 Å². The fraction of sp³-hybridized carbons (Fsp3) is 0.100. The predicted molar refractivity (Wildman–Crippen MR) is 55.5 cm³/mol. The van der Waals surface area contributed by atoms with E-state index in [2.05, 4.69) is 10.1 Å². The number of rotatable bonds is 1. The Morgan fingerprint density at radius 3 is 3.00 bits per heavy atom. The van der Waals surface area contributed by atoms with Crippen LogP contribution >= 0.6 is 0 Å². The predicted octanol–water partition coefficient (Wildman–Crippen LogP) is 1.57. The zero-order valence-corrected chi connectivity index (χ0v) is 7.78. The van der Waals surface area contributed by atoms with Crippen molar-refractivity contribution in [2.75, 3.05) is 0 Å². The van der Waals surface area contributed by atoms with Gasteiger partial charge in [-0.15, -0.1) is 0 Å². The number of hydrogen-bond acceptors (Lipinski definition) is 2. The molecule has 0 unspecified atom stereocenters. The largest absolute Gasteiger partial charge is 0.409 e. The molecule has 0 radical (unpaired) electrons. The highest BCUT2D eigenvalue weighted by Gasteiger charge is 2.06. The Hall–Kier alpha value is -1.97. The number of nitrogens with two attached hydrogens (primary N) is 1. The monoisotopic (exact) mass is 189 g/mol. The zero-order chi connectivity index (χ0) is 10.1. The van der Waals surface area contributed by atoms with Crippen LogP contribution in [-0.2, 0) is 0 Å². The van der Waals surface area contributed by atoms with E-state index in [9.17, 15) is 0 Å². The molecule has 0 aliphatic carbocycles. The summed E-state index contributed by atoms with van der Waals surface area (Å²) in [7, 11) is 0. The lowest BCUT2D eigenvalue weighted by atomic mass is 10.1. The fourth-order valence-corrected chi connectivity index (χ4v) is 1.51. The molecule has 0 fully saturated rings. The Bertz CT molecular complexity index is 499. The maximum Gasteiger partial charge on any atom is 0.172 e. The quantitative estimate of drug-likeness (QED) is 0.276. The van der Waals surface area contributed by atoms with Gasteiger partial charge in [0.1, 0.15) is 0 Å². The average Bonchev–Trinajstić information content (AvgIpc) is 2.59. The molecule has 4 heteroatoms. The van der Waals surface area contributed by atoms with Crippen LogP contribution in [0.4, 0.5) is 0 Å². The van der Waals surface area contributed by atoms with Crippen molar-refractivity contribution >= 4 is 16.7 Å². The van der Waals surface area contributed by atoms with Gasteiger partial charge in [-0.05, 0) is 18.6 Å². The van der Waals surface area contributed by atoms with Gasteiger partial charge < -0.3 is 15.9 Å². The van der Waals surface area contributed by atoms with E-state index in [1.807, 2.05) is 25.1 Å². The van der Waals surface area contributed by atoms with E-state index in [-0.39, 0.29) is 5.84 Å². The number of fused-ring (bicyclic) bond motifs is 1. The summed E-state index contributed by atoms with van der Waals surface area (Å²) in [6.07, 6.45) is 1.74. The molecular formula is C10H11N3O. The van der Waals surface area contributed by atoms with Crippen LogP contribution in [0, 0.1) is 6.92 Å². The van der Waals surface area contributed by atoms with Gasteiger partial charge in [0.05, 0.1) is 0 Å². The van der Waals surface area contributed by atoms with Crippen LogP contribution in [0.25, 0.3) is 10.9 Å². The van der Waals surface area contributed by atoms with Gasteiger partial charge in [0.2, 0.25) is 0 Å². The Labute approximate surface area is 81.0 Å². The second-order valence-electron chi connectivity index (χ2n) is 3.24. The maximum absolute atomic E-state index is 8.57. The normalized spacial score (nSPS) is 12.2. The number of hydrogen-bond donors (Lipinski definition) is 3. The van der Waals surface area contributed by atoms with Crippen molar-refractivity contribution in [3.8, 4) is 0 Å². The molecule has 72 valence electrons. The summed E-state index contributed by atoms with van der Waals surface area (Å²) < 4.78 is 0. The molecular weight excluding hydrogens is 178 g/mol. The number of benzene rings is 1. The number of H-pyrrole nitrogens is 1. The van der Waals surface area contributed by atoms with E-state index in [1.54, 1.807) is 6.20 Å². The molecule has 0 saturated carbocycles. The molecule has 2 rings (SSSR count). The summed E-state index contributed by atoms with van der Waals surface area (Å²) in [6, 6.07) is 5.96. The maximum atomic E-state index is 8.57. The Balaban J connectivity index is 2.70. The Morgan fingerprint density at radius 1 is 1.50 bits per heavy atom. The van der Waals surface area contributed by atoms with Gasteiger partial charge in [0.25, 0.3) is 0 Å². The summed E-state index contributed by atoms with van der Waals surface area (Å²) in [5.74, 6) is 0.125. The number of nitrogens with zero attached hydrogens (tertiary/aromatic N) is 1. The molecule has 0 atom stereocenters. The zero-order valence-electron chi connectivity index (χ0n) is 7.78. The van der Waals surface area contributed by atoms with Gasteiger partial charge in [-0.3, -0.25) is 0 Å². The van der Waals surface area contributed by atoms with E-state index in [4.69, 9.17) is 10.9 Å². The van der Waals surface area contributed by atoms with Crippen molar-refractivity contribution < 1.29 is 5.21 Å². The van der Waals surface area contributed by atoms with E-state index in [0.717, 1.165) is 16.5 Å². The Kier molecular flexibility index (Phi) is 1.89. The van der Waals surface area contributed by atoms with Crippen molar-refractivity contribution in [1.82, 2.24) is 4.98 Å². The minimum absolute atomic E-state index is 0.125. The molecule has 0 bridgehead atoms. The molecule has 0 saturated heterocycles. The first-order chi connectivity index (χ1) is 6.72. The van der Waals surface area contributed by atoms with Crippen molar-refractivity contribution in [2.45, 2.75) is 6.92 Å². The molecule has 0 aliphatic rings. The molecule has 1 heterocycles. The SMILES string of the molecule is Cc1ccc2c(C(N)=NO)c[nH]c2c1. The highest BCUT2D eigenvalue weighted by atomic mass is 16.4. The van der Waals surface area contributed by atoms with Crippen LogP contribution in [0.5, 0.6) is 0 Å². The molecule has 2 aromatic rings. The second kappa shape index (κ2) is 3.06. The van der Waals surface area contributed by atoms with Crippen molar-refractivity contribution in [3.05, 3.63) is 35.5 Å². The molecule has 1 aromatic carbocycles. The van der Waals surface area contributed by atoms with E-state index in [1.165, 1.54) is 5.56 Å². The molecule has 0 amide bonds. The highest BCUT2D eigenvalue weighted by molar-refractivity contribution is 6.08. The minimum atomic E-state index is 0.125. The number of aromatic amines is 1. The first-order valence-electron chi connectivity index (χ1n) is 4.28. The number of aryl methyl sites for hydroxylation is 1. The summed E-state index contributed by atoms with van der Waals surface area (Å²) in [5, 5.41) is 12.5. The van der Waals surface area contributed by atoms with Crippen LogP contribution in [0.2, 0.25) is 0 Å². The topological polar surface area (TPSA) is 74.4 Å².